The summed E-state index contributed by atoms with van der Waals surface area (Å²) in [5.41, 5.74) is 11.8. The molecule has 10 rings (SSSR count). The average Bonchev–Trinajstić information content (AvgIpc) is 3.75. The lowest BCUT2D eigenvalue weighted by atomic mass is 10.0. The van der Waals surface area contributed by atoms with Crippen molar-refractivity contribution in [1.82, 2.24) is 4.57 Å². The summed E-state index contributed by atoms with van der Waals surface area (Å²) in [6.07, 6.45) is 0. The average molecular weight is 669 g/mol. The number of anilines is 3. The van der Waals surface area contributed by atoms with Crippen LogP contribution in [0.4, 0.5) is 17.1 Å². The van der Waals surface area contributed by atoms with E-state index in [4.69, 9.17) is 0 Å². The van der Waals surface area contributed by atoms with Gasteiger partial charge in [0, 0.05) is 53.7 Å². The molecule has 0 aliphatic heterocycles. The highest BCUT2D eigenvalue weighted by Crippen LogP contribution is 2.43. The number of aromatic nitrogens is 1. The minimum absolute atomic E-state index is 1.11. The normalized spacial score (nSPS) is 11.5. The van der Waals surface area contributed by atoms with Crippen LogP contribution >= 0.6 is 11.3 Å². The summed E-state index contributed by atoms with van der Waals surface area (Å²) >= 11 is 1.88. The Kier molecular flexibility index (Phi) is 7.04. The summed E-state index contributed by atoms with van der Waals surface area (Å²) in [7, 11) is 0. The van der Waals surface area contributed by atoms with Crippen LogP contribution in [0.1, 0.15) is 0 Å². The second-order valence-corrected chi connectivity index (χ2v) is 14.0. The maximum Gasteiger partial charge on any atom is 0.0561 e. The molecule has 0 unspecified atom stereocenters. The molecule has 0 spiro atoms. The zero-order valence-electron chi connectivity index (χ0n) is 27.8. The maximum absolute atomic E-state index is 2.39. The van der Waals surface area contributed by atoms with Gasteiger partial charge in [-0.25, -0.2) is 0 Å². The third-order valence-corrected chi connectivity index (χ3v) is 11.2. The molecule has 2 aromatic heterocycles. The van der Waals surface area contributed by atoms with Gasteiger partial charge in [0.1, 0.15) is 0 Å². The highest BCUT2D eigenvalue weighted by atomic mass is 32.1. The Balaban J connectivity index is 1.14. The van der Waals surface area contributed by atoms with Crippen molar-refractivity contribution in [3.8, 4) is 27.9 Å². The predicted molar refractivity (Wildman–Crippen MR) is 219 cm³/mol. The van der Waals surface area contributed by atoms with Crippen molar-refractivity contribution in [3.63, 3.8) is 0 Å². The molecule has 0 aliphatic carbocycles. The van der Waals surface area contributed by atoms with Gasteiger partial charge in [-0.15, -0.1) is 11.3 Å². The van der Waals surface area contributed by atoms with Crippen LogP contribution in [0.25, 0.3) is 69.9 Å². The topological polar surface area (TPSA) is 8.17 Å². The molecule has 10 aromatic rings. The summed E-state index contributed by atoms with van der Waals surface area (Å²) in [6.45, 7) is 0. The number of para-hydroxylation sites is 2. The maximum atomic E-state index is 2.39. The third kappa shape index (κ3) is 5.01. The zero-order chi connectivity index (χ0) is 33.7. The zero-order valence-corrected chi connectivity index (χ0v) is 28.6. The Morgan fingerprint density at radius 1 is 0.373 bits per heavy atom. The first kappa shape index (κ1) is 29.5. The van der Waals surface area contributed by atoms with Gasteiger partial charge in [0.15, 0.2) is 0 Å². The van der Waals surface area contributed by atoms with E-state index in [9.17, 15) is 0 Å². The largest absolute Gasteiger partial charge is 0.310 e. The summed E-state index contributed by atoms with van der Waals surface area (Å²) < 4.78 is 5.04. The van der Waals surface area contributed by atoms with E-state index in [-0.39, 0.29) is 0 Å². The van der Waals surface area contributed by atoms with Crippen LogP contribution < -0.4 is 4.90 Å². The summed E-state index contributed by atoms with van der Waals surface area (Å²) in [5, 5.41) is 5.13. The van der Waals surface area contributed by atoms with Crippen LogP contribution in [0.5, 0.6) is 0 Å². The molecule has 0 saturated carbocycles. The van der Waals surface area contributed by atoms with Gasteiger partial charge in [0.05, 0.1) is 11.0 Å². The quantitative estimate of drug-likeness (QED) is 0.171. The third-order valence-electron chi connectivity index (χ3n) is 10.0. The first-order valence-corrected chi connectivity index (χ1v) is 18.2. The fraction of sp³-hybridized carbons (Fsp3) is 0. The highest BCUT2D eigenvalue weighted by molar-refractivity contribution is 7.26. The molecule has 0 N–H and O–H groups in total. The molecule has 2 heterocycles. The van der Waals surface area contributed by atoms with Crippen LogP contribution in [-0.2, 0) is 0 Å². The van der Waals surface area contributed by atoms with Gasteiger partial charge in [0.25, 0.3) is 0 Å². The van der Waals surface area contributed by atoms with E-state index in [1.165, 1.54) is 64.2 Å². The molecule has 0 aliphatic rings. The number of hydrogen-bond acceptors (Lipinski definition) is 2. The summed E-state index contributed by atoms with van der Waals surface area (Å²) in [4.78, 5) is 2.38. The minimum Gasteiger partial charge on any atom is -0.310 e. The van der Waals surface area contributed by atoms with E-state index in [0.717, 1.165) is 22.7 Å². The monoisotopic (exact) mass is 668 g/mol. The van der Waals surface area contributed by atoms with Crippen molar-refractivity contribution in [2.75, 3.05) is 4.90 Å². The number of hydrogen-bond donors (Lipinski definition) is 0. The Morgan fingerprint density at radius 2 is 0.941 bits per heavy atom. The number of nitrogens with zero attached hydrogens (tertiary/aromatic N) is 2. The predicted octanol–water partition coefficient (Wildman–Crippen LogP) is 14.0. The van der Waals surface area contributed by atoms with Crippen LogP contribution in [-0.4, -0.2) is 4.57 Å². The first-order valence-electron chi connectivity index (χ1n) is 17.4. The fourth-order valence-electron chi connectivity index (χ4n) is 7.60. The molecule has 0 saturated heterocycles. The van der Waals surface area contributed by atoms with E-state index in [2.05, 4.69) is 204 Å². The van der Waals surface area contributed by atoms with E-state index >= 15 is 0 Å². The van der Waals surface area contributed by atoms with Gasteiger partial charge in [0.2, 0.25) is 0 Å². The van der Waals surface area contributed by atoms with Crippen molar-refractivity contribution in [3.05, 3.63) is 194 Å². The lowest BCUT2D eigenvalue weighted by molar-refractivity contribution is 1.18. The lowest BCUT2D eigenvalue weighted by Gasteiger charge is -2.26. The minimum atomic E-state index is 1.11. The molecular weight excluding hydrogens is 637 g/mol. The van der Waals surface area contributed by atoms with Crippen molar-refractivity contribution in [2.45, 2.75) is 0 Å². The molecular formula is C48H32N2S. The number of benzene rings is 8. The van der Waals surface area contributed by atoms with Gasteiger partial charge in [-0.2, -0.15) is 0 Å². The molecule has 0 atom stereocenters. The molecule has 0 bridgehead atoms. The first-order chi connectivity index (χ1) is 25.3. The molecule has 8 aromatic carbocycles. The second kappa shape index (κ2) is 12.2. The van der Waals surface area contributed by atoms with Crippen LogP contribution in [0, 0.1) is 0 Å². The second-order valence-electron chi connectivity index (χ2n) is 13.0. The Hall–Kier alpha value is -6.42. The van der Waals surface area contributed by atoms with Gasteiger partial charge in [-0.3, -0.25) is 0 Å². The fourth-order valence-corrected chi connectivity index (χ4v) is 8.84. The SMILES string of the molecule is c1ccc(-c2ccc(N(c3ccc(-c4cccc5c4sc4ccccc45)cc3)c3ccc4c5ccccc5n(-c5ccccc5)c4c3)cc2)cc1. The highest BCUT2D eigenvalue weighted by Gasteiger charge is 2.18. The summed E-state index contributed by atoms with van der Waals surface area (Å²) in [5.74, 6) is 0. The van der Waals surface area contributed by atoms with Gasteiger partial charge in [-0.05, 0) is 82.9 Å². The van der Waals surface area contributed by atoms with Crippen molar-refractivity contribution in [2.24, 2.45) is 0 Å². The van der Waals surface area contributed by atoms with Crippen molar-refractivity contribution >= 4 is 70.4 Å². The van der Waals surface area contributed by atoms with Gasteiger partial charge >= 0.3 is 0 Å². The number of rotatable bonds is 6. The molecule has 0 amide bonds. The Morgan fingerprint density at radius 3 is 1.71 bits per heavy atom. The van der Waals surface area contributed by atoms with E-state index in [0.29, 0.717) is 0 Å². The molecule has 240 valence electrons. The van der Waals surface area contributed by atoms with Crippen LogP contribution in [0.3, 0.4) is 0 Å². The molecule has 3 heteroatoms. The molecule has 0 fully saturated rings. The smallest absolute Gasteiger partial charge is 0.0561 e. The lowest BCUT2D eigenvalue weighted by Crippen LogP contribution is -2.10. The number of thiophene rings is 1. The van der Waals surface area contributed by atoms with E-state index < -0.39 is 0 Å². The van der Waals surface area contributed by atoms with Crippen LogP contribution in [0.15, 0.2) is 194 Å². The van der Waals surface area contributed by atoms with Gasteiger partial charge < -0.3 is 9.47 Å². The van der Waals surface area contributed by atoms with Crippen molar-refractivity contribution in [1.29, 1.82) is 0 Å². The standard InChI is InChI=1S/C48H32N2S/c1-3-12-33(13-4-1)34-22-26-37(27-23-34)49(38-28-24-35(25-29-38)40-18-11-19-44-43-17-8-10-21-47(43)51-48(40)44)39-30-31-42-41-16-7-9-20-45(41)50(46(42)32-39)36-14-5-2-6-15-36/h1-32H. The van der Waals surface area contributed by atoms with Crippen LogP contribution in [0.2, 0.25) is 0 Å². The number of fused-ring (bicyclic) bond motifs is 6. The Bertz CT molecular complexity index is 2830. The molecule has 0 radical (unpaired) electrons. The molecule has 2 nitrogen and oxygen atoms in total. The Labute approximate surface area is 300 Å². The van der Waals surface area contributed by atoms with E-state index in [1.807, 2.05) is 11.3 Å². The van der Waals surface area contributed by atoms with Crippen molar-refractivity contribution < 1.29 is 0 Å². The molecule has 51 heavy (non-hydrogen) atoms. The van der Waals surface area contributed by atoms with E-state index in [1.54, 1.807) is 0 Å². The summed E-state index contributed by atoms with van der Waals surface area (Å²) in [6, 6.07) is 70.3. The van der Waals surface area contributed by atoms with Gasteiger partial charge in [-0.1, -0.05) is 133 Å².